The number of amides is 1. The molecule has 3 aromatic rings. The summed E-state index contributed by atoms with van der Waals surface area (Å²) >= 11 is 0. The molecule has 2 heterocycles. The van der Waals surface area contributed by atoms with Crippen molar-refractivity contribution >= 4 is 5.91 Å². The van der Waals surface area contributed by atoms with Crippen LogP contribution in [0.5, 0.6) is 5.75 Å². The van der Waals surface area contributed by atoms with Crippen LogP contribution in [0.3, 0.4) is 0 Å². The maximum Gasteiger partial charge on any atom is 0.251 e. The maximum absolute atomic E-state index is 14.9. The number of hydrogen-bond acceptors (Lipinski definition) is 5. The minimum Gasteiger partial charge on any atom is -0.487 e. The molecule has 39 heavy (non-hydrogen) atoms. The lowest BCUT2D eigenvalue weighted by Crippen LogP contribution is -2.44. The zero-order chi connectivity index (χ0) is 27.0. The van der Waals surface area contributed by atoms with E-state index in [0.29, 0.717) is 11.1 Å². The van der Waals surface area contributed by atoms with E-state index in [1.807, 2.05) is 30.3 Å². The topological polar surface area (TPSA) is 68.6 Å². The predicted molar refractivity (Wildman–Crippen MR) is 149 cm³/mol. The second-order valence-corrected chi connectivity index (χ2v) is 10.6. The van der Waals surface area contributed by atoms with E-state index in [1.54, 1.807) is 12.1 Å². The molecule has 0 aromatic heterocycles. The fourth-order valence-corrected chi connectivity index (χ4v) is 5.39. The van der Waals surface area contributed by atoms with Gasteiger partial charge in [-0.1, -0.05) is 42.5 Å². The largest absolute Gasteiger partial charge is 0.487 e. The Balaban J connectivity index is 1.05. The summed E-state index contributed by atoms with van der Waals surface area (Å²) in [5.74, 6) is -0.537. The Hall–Kier alpha value is -3.73. The molecule has 0 spiro atoms. The molecule has 202 valence electrons. The van der Waals surface area contributed by atoms with Crippen molar-refractivity contribution in [2.45, 2.75) is 50.9 Å². The van der Waals surface area contributed by atoms with Crippen LogP contribution in [-0.4, -0.2) is 54.0 Å². The molecule has 2 aliphatic heterocycles. The lowest BCUT2D eigenvalue weighted by Gasteiger charge is -2.32. The third-order valence-electron chi connectivity index (χ3n) is 7.68. The minimum absolute atomic E-state index is 0.0579. The monoisotopic (exact) mass is 526 g/mol. The van der Waals surface area contributed by atoms with Crippen LogP contribution in [0.4, 0.5) is 4.39 Å². The van der Waals surface area contributed by atoms with Gasteiger partial charge in [0.15, 0.2) is 11.6 Å². The molecule has 0 aliphatic carbocycles. The molecule has 6 nitrogen and oxygen atoms in total. The molecule has 1 N–H and O–H groups in total. The first kappa shape index (κ1) is 26.9. The highest BCUT2D eigenvalue weighted by Crippen LogP contribution is 2.24. The van der Waals surface area contributed by atoms with Gasteiger partial charge >= 0.3 is 0 Å². The van der Waals surface area contributed by atoms with Gasteiger partial charge in [0, 0.05) is 50.9 Å². The van der Waals surface area contributed by atoms with E-state index in [0.717, 1.165) is 65.0 Å². The molecule has 5 rings (SSSR count). The molecule has 0 saturated carbocycles. The number of benzene rings is 3. The van der Waals surface area contributed by atoms with Crippen molar-refractivity contribution < 1.29 is 13.9 Å². The van der Waals surface area contributed by atoms with E-state index >= 15 is 0 Å². The smallest absolute Gasteiger partial charge is 0.251 e. The minimum atomic E-state index is -0.500. The van der Waals surface area contributed by atoms with Crippen molar-refractivity contribution in [2.24, 2.45) is 0 Å². The first-order chi connectivity index (χ1) is 19.1. The zero-order valence-electron chi connectivity index (χ0n) is 22.2. The molecule has 0 radical (unpaired) electrons. The van der Waals surface area contributed by atoms with E-state index in [2.05, 4.69) is 45.5 Å². The number of rotatable bonds is 8. The average Bonchev–Trinajstić information content (AvgIpc) is 2.97. The maximum atomic E-state index is 14.9. The van der Waals surface area contributed by atoms with Gasteiger partial charge in [-0.15, -0.1) is 0 Å². The Kier molecular flexibility index (Phi) is 8.87. The van der Waals surface area contributed by atoms with Crippen LogP contribution < -0.4 is 10.1 Å². The first-order valence-electron chi connectivity index (χ1n) is 13.8. The quantitative estimate of drug-likeness (QED) is 0.441. The molecule has 7 heteroatoms. The molecule has 2 saturated heterocycles. The van der Waals surface area contributed by atoms with Crippen LogP contribution in [0.1, 0.15) is 52.7 Å². The number of nitrogens with zero attached hydrogens (tertiary/aromatic N) is 3. The van der Waals surface area contributed by atoms with Gasteiger partial charge < -0.3 is 10.1 Å². The van der Waals surface area contributed by atoms with Gasteiger partial charge in [-0.3, -0.25) is 14.6 Å². The van der Waals surface area contributed by atoms with Gasteiger partial charge in [0.1, 0.15) is 6.10 Å². The number of carbonyl (C=O) groups excluding carboxylic acids is 1. The molecule has 0 bridgehead atoms. The van der Waals surface area contributed by atoms with Gasteiger partial charge in [0.2, 0.25) is 0 Å². The van der Waals surface area contributed by atoms with E-state index in [9.17, 15) is 9.18 Å². The molecular formula is C32H35FN4O2. The van der Waals surface area contributed by atoms with Crippen molar-refractivity contribution in [1.29, 1.82) is 5.26 Å². The second kappa shape index (κ2) is 12.9. The first-order valence-corrected chi connectivity index (χ1v) is 13.8. The number of ether oxygens (including phenoxy) is 1. The third-order valence-corrected chi connectivity index (χ3v) is 7.68. The number of nitriles is 1. The normalized spacial score (nSPS) is 17.4. The summed E-state index contributed by atoms with van der Waals surface area (Å²) in [5.41, 5.74) is 3.46. The number of nitrogens with one attached hydrogen (secondary N) is 1. The Bertz CT molecular complexity index is 1280. The standard InChI is InChI=1S/C32H35FN4O2/c33-30-20-27(32(38)35-28-12-16-36(17-13-28)22-25-4-2-1-3-5-25)10-11-31(30)39-29-14-18-37(19-15-29)23-26-8-6-24(21-34)7-9-26/h1-11,20,28-29H,12-19,22-23H2,(H,35,38). The van der Waals surface area contributed by atoms with E-state index in [1.165, 1.54) is 17.2 Å². The van der Waals surface area contributed by atoms with E-state index < -0.39 is 5.82 Å². The van der Waals surface area contributed by atoms with Crippen molar-refractivity contribution in [3.63, 3.8) is 0 Å². The summed E-state index contributed by atoms with van der Waals surface area (Å²) in [6.07, 6.45) is 3.32. The zero-order valence-corrected chi connectivity index (χ0v) is 22.2. The van der Waals surface area contributed by atoms with Crippen molar-refractivity contribution in [3.05, 3.63) is 101 Å². The summed E-state index contributed by atoms with van der Waals surface area (Å²) in [5, 5.41) is 12.0. The number of carbonyl (C=O) groups is 1. The Morgan fingerprint density at radius 1 is 0.872 bits per heavy atom. The van der Waals surface area contributed by atoms with Crippen molar-refractivity contribution in [3.8, 4) is 11.8 Å². The highest BCUT2D eigenvalue weighted by Gasteiger charge is 2.24. The van der Waals surface area contributed by atoms with Gasteiger partial charge in [0.25, 0.3) is 5.91 Å². The van der Waals surface area contributed by atoms with E-state index in [4.69, 9.17) is 10.00 Å². The molecular weight excluding hydrogens is 491 g/mol. The van der Waals surface area contributed by atoms with Gasteiger partial charge in [-0.2, -0.15) is 5.26 Å². The van der Waals surface area contributed by atoms with Gasteiger partial charge in [0.05, 0.1) is 11.6 Å². The highest BCUT2D eigenvalue weighted by molar-refractivity contribution is 5.94. The molecule has 0 atom stereocenters. The number of piperidine rings is 2. The molecule has 1 amide bonds. The lowest BCUT2D eigenvalue weighted by molar-refractivity contribution is 0.0904. The van der Waals surface area contributed by atoms with Gasteiger partial charge in [-0.05, 0) is 67.1 Å². The number of likely N-dealkylation sites (tertiary alicyclic amines) is 2. The van der Waals surface area contributed by atoms with Crippen molar-refractivity contribution in [1.82, 2.24) is 15.1 Å². The number of halogens is 1. The molecule has 2 aliphatic rings. The third kappa shape index (κ3) is 7.44. The van der Waals surface area contributed by atoms with Crippen LogP contribution in [0, 0.1) is 17.1 Å². The summed E-state index contributed by atoms with van der Waals surface area (Å²) in [7, 11) is 0. The summed E-state index contributed by atoms with van der Waals surface area (Å²) < 4.78 is 20.9. The van der Waals surface area contributed by atoms with Crippen LogP contribution in [0.15, 0.2) is 72.8 Å². The summed E-state index contributed by atoms with van der Waals surface area (Å²) in [6.45, 7) is 5.31. The molecule has 3 aromatic carbocycles. The Labute approximate surface area is 230 Å². The summed E-state index contributed by atoms with van der Waals surface area (Å²) in [4.78, 5) is 17.6. The molecule has 2 fully saturated rings. The predicted octanol–water partition coefficient (Wildman–Crippen LogP) is 5.14. The van der Waals surface area contributed by atoms with E-state index in [-0.39, 0.29) is 23.8 Å². The summed E-state index contributed by atoms with van der Waals surface area (Å²) in [6, 6.07) is 24.8. The van der Waals surface area contributed by atoms with Crippen molar-refractivity contribution in [2.75, 3.05) is 26.2 Å². The van der Waals surface area contributed by atoms with Crippen LogP contribution in [-0.2, 0) is 13.1 Å². The van der Waals surface area contributed by atoms with Crippen LogP contribution >= 0.6 is 0 Å². The molecule has 0 unspecified atom stereocenters. The fraction of sp³-hybridized carbons (Fsp3) is 0.375. The average molecular weight is 527 g/mol. The lowest BCUT2D eigenvalue weighted by atomic mass is 10.0. The highest BCUT2D eigenvalue weighted by atomic mass is 19.1. The second-order valence-electron chi connectivity index (χ2n) is 10.6. The van der Waals surface area contributed by atoms with Crippen LogP contribution in [0.2, 0.25) is 0 Å². The fourth-order valence-electron chi connectivity index (χ4n) is 5.39. The SMILES string of the molecule is N#Cc1ccc(CN2CCC(Oc3ccc(C(=O)NC4CCN(Cc5ccccc5)CC4)cc3F)CC2)cc1. The Morgan fingerprint density at radius 2 is 1.49 bits per heavy atom. The number of hydrogen-bond donors (Lipinski definition) is 1. The van der Waals surface area contributed by atoms with Gasteiger partial charge in [-0.25, -0.2) is 4.39 Å². The van der Waals surface area contributed by atoms with Crippen LogP contribution in [0.25, 0.3) is 0 Å². The Morgan fingerprint density at radius 3 is 2.10 bits per heavy atom.